The van der Waals surface area contributed by atoms with Crippen LogP contribution in [0.2, 0.25) is 0 Å². The second-order valence-electron chi connectivity index (χ2n) is 7.35. The molecule has 122 valence electrons. The molecule has 0 aliphatic rings. The van der Waals surface area contributed by atoms with Crippen LogP contribution in [0.25, 0.3) is 0 Å². The normalized spacial score (nSPS) is 17.7. The van der Waals surface area contributed by atoms with Crippen molar-refractivity contribution in [3.63, 3.8) is 0 Å². The third kappa shape index (κ3) is 8.26. The summed E-state index contributed by atoms with van der Waals surface area (Å²) in [5, 5.41) is 19.0. The molecule has 0 bridgehead atoms. The summed E-state index contributed by atoms with van der Waals surface area (Å²) in [6.07, 6.45) is 11.8. The Hall–Kier alpha value is -0.0800. The Morgan fingerprint density at radius 2 is 0.950 bits per heavy atom. The first-order valence-electron chi connectivity index (χ1n) is 8.67. The van der Waals surface area contributed by atoms with E-state index in [-0.39, 0.29) is 10.8 Å². The molecule has 2 heteroatoms. The predicted molar refractivity (Wildman–Crippen MR) is 87.9 cm³/mol. The number of aliphatic hydroxyl groups excluding tert-OH is 2. The van der Waals surface area contributed by atoms with Crippen LogP contribution in [0.5, 0.6) is 0 Å². The Morgan fingerprint density at radius 1 is 0.600 bits per heavy atom. The van der Waals surface area contributed by atoms with E-state index < -0.39 is 0 Å². The standard InChI is InChI=1S/C18H38O2/c1-5-11-17(3,15-19)13-9-7-8-10-14-18(4,16-20)12-6-2/h19-20H,5-16H2,1-4H3. The van der Waals surface area contributed by atoms with E-state index in [0.717, 1.165) is 38.5 Å². The molecule has 2 unspecified atom stereocenters. The lowest BCUT2D eigenvalue weighted by atomic mass is 9.80. The third-order valence-electron chi connectivity index (χ3n) is 4.78. The Labute approximate surface area is 127 Å². The molecule has 0 aromatic heterocycles. The summed E-state index contributed by atoms with van der Waals surface area (Å²) in [6.45, 7) is 9.44. The number of unbranched alkanes of at least 4 members (excludes halogenated alkanes) is 3. The summed E-state index contributed by atoms with van der Waals surface area (Å²) in [6, 6.07) is 0. The van der Waals surface area contributed by atoms with Gasteiger partial charge in [0.2, 0.25) is 0 Å². The van der Waals surface area contributed by atoms with Crippen LogP contribution in [-0.2, 0) is 0 Å². The van der Waals surface area contributed by atoms with E-state index in [2.05, 4.69) is 27.7 Å². The first-order chi connectivity index (χ1) is 9.45. The maximum absolute atomic E-state index is 9.49. The zero-order valence-corrected chi connectivity index (χ0v) is 14.4. The van der Waals surface area contributed by atoms with Gasteiger partial charge in [0.1, 0.15) is 0 Å². The molecule has 0 saturated carbocycles. The van der Waals surface area contributed by atoms with Gasteiger partial charge < -0.3 is 10.2 Å². The summed E-state index contributed by atoms with van der Waals surface area (Å²) in [5.41, 5.74) is 0.271. The highest BCUT2D eigenvalue weighted by Gasteiger charge is 2.22. The van der Waals surface area contributed by atoms with Gasteiger partial charge in [0.25, 0.3) is 0 Å². The molecule has 0 radical (unpaired) electrons. The molecule has 2 nitrogen and oxygen atoms in total. The summed E-state index contributed by atoms with van der Waals surface area (Å²) < 4.78 is 0. The predicted octanol–water partition coefficient (Wildman–Crippen LogP) is 4.92. The van der Waals surface area contributed by atoms with Crippen molar-refractivity contribution >= 4 is 0 Å². The molecule has 0 saturated heterocycles. The lowest BCUT2D eigenvalue weighted by Gasteiger charge is -2.28. The van der Waals surface area contributed by atoms with Crippen molar-refractivity contribution in [1.82, 2.24) is 0 Å². The van der Waals surface area contributed by atoms with E-state index in [0.29, 0.717) is 13.2 Å². The van der Waals surface area contributed by atoms with Crippen LogP contribution in [0, 0.1) is 10.8 Å². The molecular formula is C18H38O2. The maximum atomic E-state index is 9.49. The minimum absolute atomic E-state index is 0.135. The molecule has 0 aliphatic heterocycles. The number of hydrogen-bond donors (Lipinski definition) is 2. The van der Waals surface area contributed by atoms with E-state index in [4.69, 9.17) is 0 Å². The van der Waals surface area contributed by atoms with Gasteiger partial charge in [0.05, 0.1) is 0 Å². The highest BCUT2D eigenvalue weighted by molar-refractivity contribution is 4.74. The van der Waals surface area contributed by atoms with Crippen LogP contribution in [0.15, 0.2) is 0 Å². The van der Waals surface area contributed by atoms with Gasteiger partial charge in [-0.1, -0.05) is 66.2 Å². The van der Waals surface area contributed by atoms with Crippen LogP contribution < -0.4 is 0 Å². The fourth-order valence-corrected chi connectivity index (χ4v) is 3.23. The molecule has 2 N–H and O–H groups in total. The average Bonchev–Trinajstić information content (AvgIpc) is 2.43. The minimum atomic E-state index is 0.135. The second-order valence-corrected chi connectivity index (χ2v) is 7.35. The molecule has 0 amide bonds. The van der Waals surface area contributed by atoms with Crippen LogP contribution in [0.3, 0.4) is 0 Å². The second kappa shape index (κ2) is 10.6. The first-order valence-corrected chi connectivity index (χ1v) is 8.67. The van der Waals surface area contributed by atoms with Crippen molar-refractivity contribution < 1.29 is 10.2 Å². The summed E-state index contributed by atoms with van der Waals surface area (Å²) >= 11 is 0. The Balaban J connectivity index is 3.76. The molecule has 0 aromatic carbocycles. The van der Waals surface area contributed by atoms with Crippen molar-refractivity contribution in [1.29, 1.82) is 0 Å². The number of hydrogen-bond acceptors (Lipinski definition) is 2. The lowest BCUT2D eigenvalue weighted by molar-refractivity contribution is 0.114. The third-order valence-corrected chi connectivity index (χ3v) is 4.78. The Bertz CT molecular complexity index is 205. The van der Waals surface area contributed by atoms with Crippen molar-refractivity contribution in [3.05, 3.63) is 0 Å². The van der Waals surface area contributed by atoms with Crippen molar-refractivity contribution in [3.8, 4) is 0 Å². The van der Waals surface area contributed by atoms with E-state index in [1.54, 1.807) is 0 Å². The van der Waals surface area contributed by atoms with E-state index in [9.17, 15) is 10.2 Å². The summed E-state index contributed by atoms with van der Waals surface area (Å²) in [5.74, 6) is 0. The van der Waals surface area contributed by atoms with Crippen molar-refractivity contribution in [2.45, 2.75) is 91.9 Å². The smallest absolute Gasteiger partial charge is 0.0484 e. The zero-order chi connectivity index (χ0) is 15.5. The molecule has 0 spiro atoms. The highest BCUT2D eigenvalue weighted by atomic mass is 16.3. The summed E-state index contributed by atoms with van der Waals surface area (Å²) in [7, 11) is 0. The molecule has 0 heterocycles. The topological polar surface area (TPSA) is 40.5 Å². The molecule has 0 rings (SSSR count). The SMILES string of the molecule is CCCC(C)(CO)CCCCCCC(C)(CO)CCC. The van der Waals surface area contributed by atoms with Crippen molar-refractivity contribution in [2.24, 2.45) is 10.8 Å². The van der Waals surface area contributed by atoms with Crippen LogP contribution in [0.4, 0.5) is 0 Å². The van der Waals surface area contributed by atoms with Crippen LogP contribution >= 0.6 is 0 Å². The molecule has 0 aliphatic carbocycles. The van der Waals surface area contributed by atoms with E-state index in [1.807, 2.05) is 0 Å². The van der Waals surface area contributed by atoms with Crippen LogP contribution in [0.1, 0.15) is 91.9 Å². The number of aliphatic hydroxyl groups is 2. The fraction of sp³-hybridized carbons (Fsp3) is 1.00. The maximum Gasteiger partial charge on any atom is 0.0484 e. The van der Waals surface area contributed by atoms with Gasteiger partial charge in [-0.15, -0.1) is 0 Å². The first kappa shape index (κ1) is 19.9. The average molecular weight is 286 g/mol. The largest absolute Gasteiger partial charge is 0.396 e. The van der Waals surface area contributed by atoms with Crippen molar-refractivity contribution in [2.75, 3.05) is 13.2 Å². The van der Waals surface area contributed by atoms with E-state index in [1.165, 1.54) is 25.7 Å². The summed E-state index contributed by atoms with van der Waals surface area (Å²) in [4.78, 5) is 0. The molecular weight excluding hydrogens is 248 g/mol. The minimum Gasteiger partial charge on any atom is -0.396 e. The van der Waals surface area contributed by atoms with Gasteiger partial charge in [-0.25, -0.2) is 0 Å². The zero-order valence-electron chi connectivity index (χ0n) is 14.4. The van der Waals surface area contributed by atoms with Gasteiger partial charge in [0.15, 0.2) is 0 Å². The van der Waals surface area contributed by atoms with E-state index >= 15 is 0 Å². The monoisotopic (exact) mass is 286 g/mol. The highest BCUT2D eigenvalue weighted by Crippen LogP contribution is 2.31. The van der Waals surface area contributed by atoms with Crippen LogP contribution in [-0.4, -0.2) is 23.4 Å². The van der Waals surface area contributed by atoms with Gasteiger partial charge in [0, 0.05) is 13.2 Å². The fourth-order valence-electron chi connectivity index (χ4n) is 3.23. The van der Waals surface area contributed by atoms with Gasteiger partial charge in [-0.2, -0.15) is 0 Å². The Kier molecular flexibility index (Phi) is 10.6. The van der Waals surface area contributed by atoms with Gasteiger partial charge >= 0.3 is 0 Å². The number of rotatable bonds is 13. The molecule has 20 heavy (non-hydrogen) atoms. The van der Waals surface area contributed by atoms with Gasteiger partial charge in [-0.3, -0.25) is 0 Å². The molecule has 0 aromatic rings. The quantitative estimate of drug-likeness (QED) is 0.472. The molecule has 0 fully saturated rings. The Morgan fingerprint density at radius 3 is 1.20 bits per heavy atom. The lowest BCUT2D eigenvalue weighted by Crippen LogP contribution is -2.21. The van der Waals surface area contributed by atoms with Gasteiger partial charge in [-0.05, 0) is 36.5 Å². The molecule has 2 atom stereocenters.